The van der Waals surface area contributed by atoms with Gasteiger partial charge in [-0.1, -0.05) is 18.6 Å². The van der Waals surface area contributed by atoms with Gasteiger partial charge in [-0.05, 0) is 37.1 Å². The normalized spacial score (nSPS) is 21.2. The van der Waals surface area contributed by atoms with E-state index in [1.54, 1.807) is 0 Å². The summed E-state index contributed by atoms with van der Waals surface area (Å²) in [4.78, 5) is 6.25. The van der Waals surface area contributed by atoms with Gasteiger partial charge in [0.05, 0.1) is 15.9 Å². The van der Waals surface area contributed by atoms with Crippen LogP contribution in [0.5, 0.6) is 0 Å². The Hall–Kier alpha value is -1.66. The van der Waals surface area contributed by atoms with Crippen LogP contribution in [-0.4, -0.2) is 19.2 Å². The Kier molecular flexibility index (Phi) is 3.31. The van der Waals surface area contributed by atoms with Crippen LogP contribution in [0.3, 0.4) is 0 Å². The van der Waals surface area contributed by atoms with Crippen LogP contribution >= 0.6 is 11.3 Å². The van der Waals surface area contributed by atoms with Crippen molar-refractivity contribution >= 4 is 32.3 Å². The van der Waals surface area contributed by atoms with Gasteiger partial charge in [-0.3, -0.25) is 0 Å². The molecule has 0 saturated carbocycles. The minimum atomic E-state index is -3.01. The van der Waals surface area contributed by atoms with Gasteiger partial charge in [0.2, 0.25) is 5.89 Å². The highest BCUT2D eigenvalue weighted by atomic mass is 32.2. The average molecular weight is 333 g/mol. The molecule has 1 unspecified atom stereocenters. The number of rotatable bonds is 2. The predicted molar refractivity (Wildman–Crippen MR) is 87.7 cm³/mol. The molecule has 4 nitrogen and oxygen atoms in total. The molecule has 0 N–H and O–H groups in total. The Balaban J connectivity index is 1.72. The lowest BCUT2D eigenvalue weighted by atomic mass is 10.1. The predicted octanol–water partition coefficient (Wildman–Crippen LogP) is 4.20. The lowest BCUT2D eigenvalue weighted by molar-refractivity contribution is 0.548. The van der Waals surface area contributed by atoms with E-state index in [1.807, 2.05) is 36.4 Å². The van der Waals surface area contributed by atoms with E-state index >= 15 is 0 Å². The average Bonchev–Trinajstić information content (AvgIpc) is 3.13. The fourth-order valence-electron chi connectivity index (χ4n) is 2.89. The third-order valence-corrected chi connectivity index (χ3v) is 7.58. The molecule has 1 aliphatic rings. The summed E-state index contributed by atoms with van der Waals surface area (Å²) in [6.45, 7) is 0. The van der Waals surface area contributed by atoms with Crippen LogP contribution in [0.1, 0.15) is 29.4 Å². The van der Waals surface area contributed by atoms with Gasteiger partial charge in [-0.25, -0.2) is 13.4 Å². The van der Waals surface area contributed by atoms with E-state index in [0.717, 1.165) is 40.1 Å². The highest BCUT2D eigenvalue weighted by molar-refractivity contribution is 7.91. The Bertz CT molecular complexity index is 891. The summed E-state index contributed by atoms with van der Waals surface area (Å²) in [5, 5.41) is -0.357. The highest BCUT2D eigenvalue weighted by Gasteiger charge is 2.31. The summed E-state index contributed by atoms with van der Waals surface area (Å²) in [7, 11) is -3.01. The molecular formula is C16H15NO3S2. The van der Waals surface area contributed by atoms with Gasteiger partial charge < -0.3 is 4.42 Å². The van der Waals surface area contributed by atoms with Gasteiger partial charge in [-0.15, -0.1) is 11.3 Å². The minimum Gasteiger partial charge on any atom is -0.435 e. The van der Waals surface area contributed by atoms with Gasteiger partial charge in [0.1, 0.15) is 5.52 Å². The summed E-state index contributed by atoms with van der Waals surface area (Å²) in [5.41, 5.74) is 1.57. The van der Waals surface area contributed by atoms with Crippen molar-refractivity contribution < 1.29 is 12.8 Å². The number of fused-ring (bicyclic) bond motifs is 1. The molecule has 1 aromatic carbocycles. The van der Waals surface area contributed by atoms with Gasteiger partial charge >= 0.3 is 0 Å². The van der Waals surface area contributed by atoms with Gasteiger partial charge in [0.15, 0.2) is 15.4 Å². The van der Waals surface area contributed by atoms with E-state index in [2.05, 4.69) is 4.98 Å². The van der Waals surface area contributed by atoms with Crippen molar-refractivity contribution in [3.8, 4) is 10.8 Å². The molecule has 0 bridgehead atoms. The molecule has 1 saturated heterocycles. The number of benzene rings is 1. The van der Waals surface area contributed by atoms with E-state index in [-0.39, 0.29) is 5.25 Å². The lowest BCUT2D eigenvalue weighted by Gasteiger charge is -2.20. The fourth-order valence-corrected chi connectivity index (χ4v) is 6.28. The first-order chi connectivity index (χ1) is 10.6. The van der Waals surface area contributed by atoms with Crippen LogP contribution in [0.4, 0.5) is 0 Å². The fraction of sp³-hybridized carbons (Fsp3) is 0.312. The van der Waals surface area contributed by atoms with Crippen LogP contribution in [0.25, 0.3) is 21.9 Å². The Morgan fingerprint density at radius 1 is 1.14 bits per heavy atom. The van der Waals surface area contributed by atoms with E-state index in [4.69, 9.17) is 4.42 Å². The van der Waals surface area contributed by atoms with Crippen molar-refractivity contribution in [2.45, 2.75) is 24.5 Å². The third kappa shape index (κ3) is 2.36. The number of nitrogens with zero attached hydrogens (tertiary/aromatic N) is 1. The molecule has 3 aromatic rings. The first-order valence-corrected chi connectivity index (χ1v) is 9.84. The second-order valence-corrected chi connectivity index (χ2v) is 8.96. The monoisotopic (exact) mass is 333 g/mol. The maximum absolute atomic E-state index is 12.2. The molecule has 0 amide bonds. The maximum atomic E-state index is 12.2. The minimum absolute atomic E-state index is 0.299. The Labute approximate surface area is 132 Å². The topological polar surface area (TPSA) is 60.2 Å². The van der Waals surface area contributed by atoms with E-state index in [9.17, 15) is 8.42 Å². The molecule has 0 spiro atoms. The zero-order valence-electron chi connectivity index (χ0n) is 11.9. The largest absolute Gasteiger partial charge is 0.435 e. The van der Waals surface area contributed by atoms with Crippen molar-refractivity contribution in [3.05, 3.63) is 41.3 Å². The molecule has 22 heavy (non-hydrogen) atoms. The summed E-state index contributed by atoms with van der Waals surface area (Å²) in [5.74, 6) is 0.860. The second-order valence-electron chi connectivity index (χ2n) is 5.54. The number of aromatic nitrogens is 1. The van der Waals surface area contributed by atoms with Crippen LogP contribution in [0, 0.1) is 0 Å². The lowest BCUT2D eigenvalue weighted by Crippen LogP contribution is -2.20. The van der Waals surface area contributed by atoms with E-state index in [1.165, 1.54) is 11.3 Å². The SMILES string of the molecule is O=S1(=O)CCCCC1c1ccc(-c2nc3ccccc3o2)s1. The highest BCUT2D eigenvalue weighted by Crippen LogP contribution is 2.40. The molecule has 1 fully saturated rings. The van der Waals surface area contributed by atoms with Gasteiger partial charge in [0.25, 0.3) is 0 Å². The first-order valence-electron chi connectivity index (χ1n) is 7.31. The number of oxazole rings is 1. The molecule has 0 radical (unpaired) electrons. The van der Waals surface area contributed by atoms with Crippen LogP contribution < -0.4 is 0 Å². The quantitative estimate of drug-likeness (QED) is 0.705. The Morgan fingerprint density at radius 3 is 2.82 bits per heavy atom. The standard InChI is InChI=1S/C16H15NO3S2/c18-22(19)10-4-3-7-15(22)13-8-9-14(21-13)16-17-11-5-1-2-6-12(11)20-16/h1-2,5-6,8-9,15H,3-4,7,10H2. The van der Waals surface area contributed by atoms with E-state index < -0.39 is 9.84 Å². The number of para-hydroxylation sites is 2. The number of thiophene rings is 1. The zero-order chi connectivity index (χ0) is 15.2. The number of sulfone groups is 1. The number of hydrogen-bond donors (Lipinski definition) is 0. The summed E-state index contributed by atoms with van der Waals surface area (Å²) in [6.07, 6.45) is 2.47. The molecule has 1 aliphatic heterocycles. The van der Waals surface area contributed by atoms with Crippen molar-refractivity contribution in [1.29, 1.82) is 0 Å². The third-order valence-electron chi connectivity index (χ3n) is 4.03. The summed E-state index contributed by atoms with van der Waals surface area (Å²) < 4.78 is 30.2. The molecule has 114 valence electrons. The summed E-state index contributed by atoms with van der Waals surface area (Å²) in [6, 6.07) is 11.4. The number of hydrogen-bond acceptors (Lipinski definition) is 5. The smallest absolute Gasteiger partial charge is 0.237 e. The first kappa shape index (κ1) is 14.0. The van der Waals surface area contributed by atoms with Crippen molar-refractivity contribution in [2.75, 3.05) is 5.75 Å². The van der Waals surface area contributed by atoms with E-state index in [0.29, 0.717) is 11.6 Å². The van der Waals surface area contributed by atoms with Crippen molar-refractivity contribution in [1.82, 2.24) is 4.98 Å². The molecule has 3 heterocycles. The Morgan fingerprint density at radius 2 is 2.00 bits per heavy atom. The molecule has 1 atom stereocenters. The van der Waals surface area contributed by atoms with Crippen molar-refractivity contribution in [2.24, 2.45) is 0 Å². The van der Waals surface area contributed by atoms with Crippen LogP contribution in [0.2, 0.25) is 0 Å². The van der Waals surface area contributed by atoms with Gasteiger partial charge in [0, 0.05) is 4.88 Å². The van der Waals surface area contributed by atoms with Crippen molar-refractivity contribution in [3.63, 3.8) is 0 Å². The molecule has 2 aromatic heterocycles. The maximum Gasteiger partial charge on any atom is 0.237 e. The van der Waals surface area contributed by atoms with Crippen LogP contribution in [0.15, 0.2) is 40.8 Å². The van der Waals surface area contributed by atoms with Crippen LogP contribution in [-0.2, 0) is 9.84 Å². The molecular weight excluding hydrogens is 318 g/mol. The van der Waals surface area contributed by atoms with Gasteiger partial charge in [-0.2, -0.15) is 0 Å². The summed E-state index contributed by atoms with van der Waals surface area (Å²) >= 11 is 1.47. The molecule has 0 aliphatic carbocycles. The molecule has 6 heteroatoms. The molecule has 4 rings (SSSR count). The second kappa shape index (κ2) is 5.21. The zero-order valence-corrected chi connectivity index (χ0v) is 13.5.